The van der Waals surface area contributed by atoms with Crippen molar-refractivity contribution in [1.29, 1.82) is 0 Å². The van der Waals surface area contributed by atoms with E-state index in [-0.39, 0.29) is 5.56 Å². The van der Waals surface area contributed by atoms with Crippen LogP contribution < -0.4 is 4.74 Å². The molecule has 7 nitrogen and oxygen atoms in total. The Morgan fingerprint density at radius 2 is 1.88 bits per heavy atom. The number of aromatic nitrogens is 6. The highest BCUT2D eigenvalue weighted by Crippen LogP contribution is 2.34. The monoisotopic (exact) mass is 466 g/mol. The van der Waals surface area contributed by atoms with Gasteiger partial charge in [0, 0.05) is 30.3 Å². The third kappa shape index (κ3) is 4.07. The summed E-state index contributed by atoms with van der Waals surface area (Å²) in [6.07, 6.45) is 8.30. The zero-order valence-electron chi connectivity index (χ0n) is 18.5. The van der Waals surface area contributed by atoms with E-state index in [2.05, 4.69) is 20.1 Å². The molecule has 174 valence electrons. The topological polar surface area (TPSA) is 70.7 Å². The highest BCUT2D eigenvalue weighted by atomic mass is 19.2. The predicted molar refractivity (Wildman–Crippen MR) is 119 cm³/mol. The van der Waals surface area contributed by atoms with Gasteiger partial charge in [-0.05, 0) is 50.1 Å². The van der Waals surface area contributed by atoms with Gasteiger partial charge in [0.1, 0.15) is 17.3 Å². The Labute approximate surface area is 193 Å². The Balaban J connectivity index is 1.43. The van der Waals surface area contributed by atoms with Crippen molar-refractivity contribution in [3.05, 3.63) is 82.8 Å². The molecule has 0 saturated carbocycles. The minimum absolute atomic E-state index is 0.0829. The van der Waals surface area contributed by atoms with Crippen molar-refractivity contribution in [1.82, 2.24) is 29.3 Å². The first-order valence-corrected chi connectivity index (χ1v) is 10.8. The van der Waals surface area contributed by atoms with Crippen LogP contribution in [0.3, 0.4) is 0 Å². The van der Waals surface area contributed by atoms with Crippen molar-refractivity contribution in [2.24, 2.45) is 0 Å². The minimum atomic E-state index is -1.21. The molecule has 0 amide bonds. The summed E-state index contributed by atoms with van der Waals surface area (Å²) in [5, 5.41) is 4.48. The van der Waals surface area contributed by atoms with Gasteiger partial charge in [-0.3, -0.25) is 0 Å². The number of imidazole rings is 1. The summed E-state index contributed by atoms with van der Waals surface area (Å²) >= 11 is 0. The zero-order valence-corrected chi connectivity index (χ0v) is 18.5. The van der Waals surface area contributed by atoms with Gasteiger partial charge in [-0.1, -0.05) is 0 Å². The normalized spacial score (nSPS) is 15.6. The van der Waals surface area contributed by atoms with Crippen molar-refractivity contribution in [3.63, 3.8) is 0 Å². The van der Waals surface area contributed by atoms with Crippen LogP contribution in [0.2, 0.25) is 0 Å². The Bertz CT molecular complexity index is 1390. The second kappa shape index (κ2) is 8.77. The molecule has 4 aromatic rings. The molecule has 1 aliphatic rings. The van der Waals surface area contributed by atoms with Crippen molar-refractivity contribution >= 4 is 12.2 Å². The molecule has 0 unspecified atom stereocenters. The van der Waals surface area contributed by atoms with Gasteiger partial charge < -0.3 is 9.30 Å². The van der Waals surface area contributed by atoms with Crippen LogP contribution in [-0.2, 0) is 6.54 Å². The fourth-order valence-corrected chi connectivity index (χ4v) is 4.14. The fourth-order valence-electron chi connectivity index (χ4n) is 4.14. The van der Waals surface area contributed by atoms with E-state index >= 15 is 0 Å². The summed E-state index contributed by atoms with van der Waals surface area (Å²) in [5.74, 6) is -2.21. The smallest absolute Gasteiger partial charge is 0.238 e. The maximum atomic E-state index is 14.4. The van der Waals surface area contributed by atoms with Crippen LogP contribution in [0.15, 0.2) is 36.8 Å². The number of hydrogen-bond acceptors (Lipinski definition) is 5. The van der Waals surface area contributed by atoms with Gasteiger partial charge in [0.2, 0.25) is 5.88 Å². The molecular weight excluding hydrogens is 445 g/mol. The molecule has 0 fully saturated rings. The lowest BCUT2D eigenvalue weighted by atomic mass is 9.90. The second-order valence-electron chi connectivity index (χ2n) is 8.05. The van der Waals surface area contributed by atoms with E-state index in [1.165, 1.54) is 0 Å². The zero-order chi connectivity index (χ0) is 23.8. The Morgan fingerprint density at radius 1 is 1.06 bits per heavy atom. The number of halogens is 3. The molecule has 34 heavy (non-hydrogen) atoms. The Kier molecular flexibility index (Phi) is 5.64. The highest BCUT2D eigenvalue weighted by molar-refractivity contribution is 5.65. The number of nitrogens with zero attached hydrogens (tertiary/aromatic N) is 6. The summed E-state index contributed by atoms with van der Waals surface area (Å²) in [6, 6.07) is 5.20. The van der Waals surface area contributed by atoms with Crippen LogP contribution in [0.25, 0.3) is 17.8 Å². The first kappa shape index (κ1) is 21.9. The number of ether oxygens (including phenoxy) is 1. The van der Waals surface area contributed by atoms with Gasteiger partial charge in [0.05, 0.1) is 24.8 Å². The number of pyridine rings is 1. The standard InChI is InChI=1S/C24H21F3N6O/c1-14-12-32(13-28-14)21-7-5-15(29-24(21)34-2)6-8-22-30-23-16(4-3-9-33(23)31-22)17-10-19(26)20(27)11-18(17)25/h5-8,10-13,16H,3-4,9H2,1-2H3/t16-/m0/s1. The number of methoxy groups -OCH3 is 1. The van der Waals surface area contributed by atoms with Crippen LogP contribution >= 0.6 is 0 Å². The predicted octanol–water partition coefficient (Wildman–Crippen LogP) is 4.69. The molecular formula is C24H21F3N6O. The van der Waals surface area contributed by atoms with E-state index in [1.54, 1.807) is 30.3 Å². The van der Waals surface area contributed by atoms with Crippen molar-refractivity contribution < 1.29 is 17.9 Å². The molecule has 0 N–H and O–H groups in total. The molecule has 0 bridgehead atoms. The van der Waals surface area contributed by atoms with Gasteiger partial charge in [-0.25, -0.2) is 32.8 Å². The van der Waals surface area contributed by atoms with Crippen molar-refractivity contribution in [2.45, 2.75) is 32.2 Å². The summed E-state index contributed by atoms with van der Waals surface area (Å²) in [5.41, 5.74) is 2.35. The van der Waals surface area contributed by atoms with Gasteiger partial charge in [0.15, 0.2) is 17.5 Å². The molecule has 1 aliphatic heterocycles. The number of benzene rings is 1. The first-order valence-electron chi connectivity index (χ1n) is 10.8. The molecule has 4 heterocycles. The molecule has 0 saturated heterocycles. The number of hydrogen-bond donors (Lipinski definition) is 0. The van der Waals surface area contributed by atoms with Crippen LogP contribution in [0, 0.1) is 24.4 Å². The van der Waals surface area contributed by atoms with E-state index in [1.807, 2.05) is 29.8 Å². The molecule has 1 aromatic carbocycles. The average molecular weight is 466 g/mol. The lowest BCUT2D eigenvalue weighted by Gasteiger charge is -2.22. The summed E-state index contributed by atoms with van der Waals surface area (Å²) in [7, 11) is 1.55. The van der Waals surface area contributed by atoms with E-state index in [0.29, 0.717) is 42.3 Å². The average Bonchev–Trinajstić information content (AvgIpc) is 3.45. The molecule has 10 heteroatoms. The van der Waals surface area contributed by atoms with E-state index in [9.17, 15) is 13.2 Å². The van der Waals surface area contributed by atoms with Crippen molar-refractivity contribution in [3.8, 4) is 11.6 Å². The number of fused-ring (bicyclic) bond motifs is 1. The minimum Gasteiger partial charge on any atom is -0.479 e. The van der Waals surface area contributed by atoms with Crippen LogP contribution in [0.4, 0.5) is 13.2 Å². The van der Waals surface area contributed by atoms with Crippen LogP contribution in [0.1, 0.15) is 47.4 Å². The largest absolute Gasteiger partial charge is 0.479 e. The van der Waals surface area contributed by atoms with Gasteiger partial charge in [0.25, 0.3) is 0 Å². The lowest BCUT2D eigenvalue weighted by molar-refractivity contribution is 0.395. The van der Waals surface area contributed by atoms with Crippen LogP contribution in [-0.4, -0.2) is 36.4 Å². The third-order valence-electron chi connectivity index (χ3n) is 5.75. The summed E-state index contributed by atoms with van der Waals surface area (Å²) < 4.78 is 50.5. The fraction of sp³-hybridized carbons (Fsp3) is 0.250. The summed E-state index contributed by atoms with van der Waals surface area (Å²) in [4.78, 5) is 13.3. The van der Waals surface area contributed by atoms with E-state index < -0.39 is 23.4 Å². The van der Waals surface area contributed by atoms with Crippen LogP contribution in [0.5, 0.6) is 5.88 Å². The summed E-state index contributed by atoms with van der Waals surface area (Å²) in [6.45, 7) is 2.51. The Hall–Kier alpha value is -3.95. The van der Waals surface area contributed by atoms with E-state index in [0.717, 1.165) is 23.9 Å². The van der Waals surface area contributed by atoms with E-state index in [4.69, 9.17) is 4.74 Å². The Morgan fingerprint density at radius 3 is 2.65 bits per heavy atom. The third-order valence-corrected chi connectivity index (χ3v) is 5.75. The molecule has 0 radical (unpaired) electrons. The molecule has 3 aromatic heterocycles. The first-order chi connectivity index (χ1) is 16.4. The molecule has 5 rings (SSSR count). The SMILES string of the molecule is COc1nc(C=Cc2nc3n(n2)CCC[C@H]3c2cc(F)c(F)cc2F)ccc1-n1cnc(C)c1. The highest BCUT2D eigenvalue weighted by Gasteiger charge is 2.28. The molecule has 0 spiro atoms. The van der Waals surface area contributed by atoms with Crippen molar-refractivity contribution in [2.75, 3.05) is 7.11 Å². The number of aryl methyl sites for hydroxylation is 2. The maximum Gasteiger partial charge on any atom is 0.238 e. The maximum absolute atomic E-state index is 14.4. The lowest BCUT2D eigenvalue weighted by Crippen LogP contribution is -2.19. The molecule has 0 aliphatic carbocycles. The van der Waals surface area contributed by atoms with Gasteiger partial charge in [-0.15, -0.1) is 0 Å². The quantitative estimate of drug-likeness (QED) is 0.399. The second-order valence-corrected chi connectivity index (χ2v) is 8.05. The molecule has 1 atom stereocenters. The van der Waals surface area contributed by atoms with Gasteiger partial charge >= 0.3 is 0 Å². The van der Waals surface area contributed by atoms with Gasteiger partial charge in [-0.2, -0.15) is 5.10 Å². The number of rotatable bonds is 5.